The van der Waals surface area contributed by atoms with E-state index in [1.165, 1.54) is 0 Å². The predicted molar refractivity (Wildman–Crippen MR) is 91.6 cm³/mol. The van der Waals surface area contributed by atoms with E-state index in [1.54, 1.807) is 24.4 Å². The number of amides is 1. The quantitative estimate of drug-likeness (QED) is 0.827. The summed E-state index contributed by atoms with van der Waals surface area (Å²) in [5.41, 5.74) is 2.05. The Morgan fingerprint density at radius 1 is 1.04 bits per heavy atom. The number of carbonyl (C=O) groups is 1. The highest BCUT2D eigenvalue weighted by Gasteiger charge is 2.28. The van der Waals surface area contributed by atoms with E-state index in [9.17, 15) is 26.4 Å². The van der Waals surface area contributed by atoms with E-state index in [-0.39, 0.29) is 10.5 Å². The Bertz CT molecular complexity index is 908. The molecule has 0 saturated heterocycles. The Labute approximate surface area is 149 Å². The molecule has 1 amide bonds. The van der Waals surface area contributed by atoms with Crippen LogP contribution in [0.2, 0.25) is 0 Å². The zero-order valence-electron chi connectivity index (χ0n) is 14.0. The van der Waals surface area contributed by atoms with Crippen molar-refractivity contribution in [2.24, 2.45) is 0 Å². The first-order chi connectivity index (χ1) is 12.0. The number of nitrogens with one attached hydrogen (secondary N) is 2. The van der Waals surface area contributed by atoms with Crippen molar-refractivity contribution in [1.29, 1.82) is 0 Å². The van der Waals surface area contributed by atoms with Gasteiger partial charge in [-0.05, 0) is 55.3 Å². The molecule has 0 aromatic heterocycles. The van der Waals surface area contributed by atoms with Gasteiger partial charge >= 0.3 is 6.18 Å². The highest BCUT2D eigenvalue weighted by Crippen LogP contribution is 2.22. The molecule has 0 heterocycles. The third-order valence-electron chi connectivity index (χ3n) is 3.73. The fourth-order valence-corrected chi connectivity index (χ4v) is 3.26. The number of halogens is 3. The molecule has 0 aliphatic heterocycles. The lowest BCUT2D eigenvalue weighted by Crippen LogP contribution is -2.33. The van der Waals surface area contributed by atoms with Gasteiger partial charge in [0.05, 0.1) is 10.6 Å². The van der Waals surface area contributed by atoms with Gasteiger partial charge in [0, 0.05) is 5.56 Å². The van der Waals surface area contributed by atoms with Gasteiger partial charge in [-0.25, -0.2) is 8.42 Å². The summed E-state index contributed by atoms with van der Waals surface area (Å²) in [5.74, 6) is -0.936. The maximum Gasteiger partial charge on any atom is 0.405 e. The molecule has 0 fully saturated rings. The van der Waals surface area contributed by atoms with Gasteiger partial charge in [0.2, 0.25) is 0 Å². The van der Waals surface area contributed by atoms with E-state index in [2.05, 4.69) is 4.72 Å². The molecule has 2 aromatic rings. The van der Waals surface area contributed by atoms with E-state index in [1.807, 2.05) is 13.0 Å². The van der Waals surface area contributed by atoms with E-state index in [0.717, 1.165) is 35.4 Å². The minimum Gasteiger partial charge on any atom is -0.343 e. The van der Waals surface area contributed by atoms with Crippen molar-refractivity contribution in [2.75, 3.05) is 11.3 Å². The Morgan fingerprint density at radius 2 is 1.65 bits per heavy atom. The van der Waals surface area contributed by atoms with Crippen molar-refractivity contribution in [3.63, 3.8) is 0 Å². The van der Waals surface area contributed by atoms with Gasteiger partial charge < -0.3 is 5.32 Å². The number of hydrogen-bond donors (Lipinski definition) is 2. The van der Waals surface area contributed by atoms with Crippen LogP contribution in [0.1, 0.15) is 21.5 Å². The second-order valence-electron chi connectivity index (χ2n) is 5.68. The molecule has 0 atom stereocenters. The van der Waals surface area contributed by atoms with Crippen LogP contribution in [0.25, 0.3) is 0 Å². The zero-order valence-corrected chi connectivity index (χ0v) is 14.8. The molecule has 0 radical (unpaired) electrons. The molecule has 0 unspecified atom stereocenters. The van der Waals surface area contributed by atoms with Crippen LogP contribution in [-0.4, -0.2) is 27.0 Å². The van der Waals surface area contributed by atoms with Crippen LogP contribution in [0.4, 0.5) is 18.9 Å². The minimum atomic E-state index is -4.52. The van der Waals surface area contributed by atoms with Gasteiger partial charge in [0.25, 0.3) is 15.9 Å². The maximum absolute atomic E-state index is 12.4. The van der Waals surface area contributed by atoms with Crippen molar-refractivity contribution in [3.05, 3.63) is 59.2 Å². The summed E-state index contributed by atoms with van der Waals surface area (Å²) in [6.45, 7) is 2.17. The van der Waals surface area contributed by atoms with Crippen LogP contribution in [0.3, 0.4) is 0 Å². The van der Waals surface area contributed by atoms with E-state index < -0.39 is 28.7 Å². The van der Waals surface area contributed by atoms with Crippen molar-refractivity contribution in [3.8, 4) is 0 Å². The van der Waals surface area contributed by atoms with Gasteiger partial charge in [-0.2, -0.15) is 13.2 Å². The molecule has 26 heavy (non-hydrogen) atoms. The molecule has 0 aliphatic rings. The van der Waals surface area contributed by atoms with Crippen LogP contribution >= 0.6 is 0 Å². The van der Waals surface area contributed by atoms with Crippen LogP contribution in [0.15, 0.2) is 47.4 Å². The smallest absolute Gasteiger partial charge is 0.343 e. The average molecular weight is 386 g/mol. The summed E-state index contributed by atoms with van der Waals surface area (Å²) < 4.78 is 63.7. The topological polar surface area (TPSA) is 75.3 Å². The molecule has 0 spiro atoms. The van der Waals surface area contributed by atoms with Crippen molar-refractivity contribution >= 4 is 21.6 Å². The molecule has 0 bridgehead atoms. The Morgan fingerprint density at radius 3 is 2.23 bits per heavy atom. The number of alkyl halides is 3. The minimum absolute atomic E-state index is 0.0695. The third-order valence-corrected chi connectivity index (χ3v) is 5.11. The van der Waals surface area contributed by atoms with Crippen molar-refractivity contribution < 1.29 is 26.4 Å². The fraction of sp³-hybridized carbons (Fsp3) is 0.235. The predicted octanol–water partition coefficient (Wildman–Crippen LogP) is 3.40. The number of sulfonamides is 1. The third kappa shape index (κ3) is 4.98. The number of carbonyl (C=O) groups excluding carboxylic acids is 1. The molecule has 0 aliphatic carbocycles. The van der Waals surface area contributed by atoms with Gasteiger partial charge in [-0.3, -0.25) is 9.52 Å². The summed E-state index contributed by atoms with van der Waals surface area (Å²) >= 11 is 0. The summed E-state index contributed by atoms with van der Waals surface area (Å²) in [6, 6.07) is 9.83. The molecular formula is C17H17F3N2O3S. The standard InChI is InChI=1S/C17H17F3N2O3S/c1-11-4-3-5-15(12(11)2)22-26(24,25)14-8-6-13(7-9-14)16(23)21-10-17(18,19)20/h3-9,22H,10H2,1-2H3,(H,21,23). The van der Waals surface area contributed by atoms with Gasteiger partial charge in [-0.1, -0.05) is 12.1 Å². The van der Waals surface area contributed by atoms with E-state index in [0.29, 0.717) is 5.69 Å². The second-order valence-corrected chi connectivity index (χ2v) is 7.36. The Balaban J connectivity index is 2.16. The number of aryl methyl sites for hydroxylation is 1. The average Bonchev–Trinajstić information content (AvgIpc) is 2.56. The van der Waals surface area contributed by atoms with Crippen LogP contribution < -0.4 is 10.0 Å². The maximum atomic E-state index is 12.4. The highest BCUT2D eigenvalue weighted by atomic mass is 32.2. The lowest BCUT2D eigenvalue weighted by atomic mass is 10.1. The number of hydrogen-bond acceptors (Lipinski definition) is 3. The molecule has 2 aromatic carbocycles. The Hall–Kier alpha value is -2.55. The summed E-state index contributed by atoms with van der Waals surface area (Å²) in [7, 11) is -3.89. The van der Waals surface area contributed by atoms with Crippen LogP contribution in [-0.2, 0) is 10.0 Å². The first-order valence-corrected chi connectivity index (χ1v) is 9.02. The molecule has 9 heteroatoms. The van der Waals surface area contributed by atoms with Crippen molar-refractivity contribution in [2.45, 2.75) is 24.9 Å². The lowest BCUT2D eigenvalue weighted by molar-refractivity contribution is -0.123. The molecule has 0 saturated carbocycles. The van der Waals surface area contributed by atoms with Crippen molar-refractivity contribution in [1.82, 2.24) is 5.32 Å². The fourth-order valence-electron chi connectivity index (χ4n) is 2.13. The van der Waals surface area contributed by atoms with E-state index in [4.69, 9.17) is 0 Å². The number of anilines is 1. The zero-order chi connectivity index (χ0) is 19.5. The number of rotatable bonds is 5. The first-order valence-electron chi connectivity index (χ1n) is 7.54. The largest absolute Gasteiger partial charge is 0.405 e. The molecular weight excluding hydrogens is 369 g/mol. The summed E-state index contributed by atoms with van der Waals surface area (Å²) in [6.07, 6.45) is -4.52. The summed E-state index contributed by atoms with van der Waals surface area (Å²) in [4.78, 5) is 11.5. The lowest BCUT2D eigenvalue weighted by Gasteiger charge is -2.12. The molecule has 2 N–H and O–H groups in total. The van der Waals surface area contributed by atoms with Crippen LogP contribution in [0.5, 0.6) is 0 Å². The molecule has 5 nitrogen and oxygen atoms in total. The Kier molecular flexibility index (Phi) is 5.60. The van der Waals surface area contributed by atoms with Crippen LogP contribution in [0, 0.1) is 13.8 Å². The molecule has 140 valence electrons. The first kappa shape index (κ1) is 19.8. The van der Waals surface area contributed by atoms with E-state index >= 15 is 0 Å². The van der Waals surface area contributed by atoms with Gasteiger partial charge in [-0.15, -0.1) is 0 Å². The second kappa shape index (κ2) is 7.36. The number of benzene rings is 2. The SMILES string of the molecule is Cc1cccc(NS(=O)(=O)c2ccc(C(=O)NCC(F)(F)F)cc2)c1C. The molecule has 2 rings (SSSR count). The van der Waals surface area contributed by atoms with Gasteiger partial charge in [0.1, 0.15) is 6.54 Å². The monoisotopic (exact) mass is 386 g/mol. The highest BCUT2D eigenvalue weighted by molar-refractivity contribution is 7.92. The normalized spacial score (nSPS) is 11.9. The summed E-state index contributed by atoms with van der Waals surface area (Å²) in [5, 5.41) is 1.72. The van der Waals surface area contributed by atoms with Gasteiger partial charge in [0.15, 0.2) is 0 Å².